The van der Waals surface area contributed by atoms with E-state index in [-0.39, 0.29) is 6.04 Å². The largest absolute Gasteiger partial charge is 0.484 e. The molecular formula is C15H19BrN2O2. The van der Waals surface area contributed by atoms with E-state index >= 15 is 0 Å². The summed E-state index contributed by atoms with van der Waals surface area (Å²) < 4.78 is 11.7. The van der Waals surface area contributed by atoms with Gasteiger partial charge in [-0.25, -0.2) is 0 Å². The second kappa shape index (κ2) is 6.90. The molecule has 0 saturated heterocycles. The summed E-state index contributed by atoms with van der Waals surface area (Å²) in [5, 5.41) is 3.83. The van der Waals surface area contributed by atoms with E-state index in [0.717, 1.165) is 28.8 Å². The average Bonchev–Trinajstić information content (AvgIpc) is 2.83. The van der Waals surface area contributed by atoms with E-state index in [1.54, 1.807) is 0 Å². The molecule has 0 fully saturated rings. The van der Waals surface area contributed by atoms with Crippen molar-refractivity contribution in [1.29, 1.82) is 0 Å². The van der Waals surface area contributed by atoms with Gasteiger partial charge < -0.3 is 15.0 Å². The summed E-state index contributed by atoms with van der Waals surface area (Å²) in [6.45, 7) is 4.35. The summed E-state index contributed by atoms with van der Waals surface area (Å²) >= 11 is 3.53. The van der Waals surface area contributed by atoms with Gasteiger partial charge in [-0.15, -0.1) is 0 Å². The van der Waals surface area contributed by atoms with E-state index in [2.05, 4.69) is 34.1 Å². The third kappa shape index (κ3) is 4.08. The van der Waals surface area contributed by atoms with Crippen LogP contribution in [0.15, 0.2) is 33.3 Å². The molecule has 1 atom stereocenters. The lowest BCUT2D eigenvalue weighted by molar-refractivity contribution is 0.247. The molecule has 108 valence electrons. The van der Waals surface area contributed by atoms with Gasteiger partial charge in [-0.3, -0.25) is 0 Å². The molecule has 1 unspecified atom stereocenters. The van der Waals surface area contributed by atoms with Gasteiger partial charge in [0.05, 0.1) is 10.2 Å². The Labute approximate surface area is 127 Å². The number of nitrogens with zero attached hydrogens (tertiary/aromatic N) is 1. The fraction of sp³-hybridized carbons (Fsp3) is 0.400. The lowest BCUT2D eigenvalue weighted by Gasteiger charge is -2.11. The minimum absolute atomic E-state index is 0.200. The van der Waals surface area contributed by atoms with Crippen molar-refractivity contribution in [2.45, 2.75) is 39.3 Å². The van der Waals surface area contributed by atoms with Crippen molar-refractivity contribution in [2.24, 2.45) is 5.73 Å². The van der Waals surface area contributed by atoms with Gasteiger partial charge in [0.1, 0.15) is 12.4 Å². The summed E-state index contributed by atoms with van der Waals surface area (Å²) in [5.74, 6) is 1.50. The highest BCUT2D eigenvalue weighted by atomic mass is 79.9. The molecule has 1 aromatic heterocycles. The van der Waals surface area contributed by atoms with E-state index in [1.165, 1.54) is 5.56 Å². The highest BCUT2D eigenvalue weighted by Crippen LogP contribution is 2.27. The van der Waals surface area contributed by atoms with Crippen LogP contribution in [0.1, 0.15) is 30.4 Å². The van der Waals surface area contributed by atoms with Gasteiger partial charge in [0.25, 0.3) is 0 Å². The number of rotatable bonds is 6. The van der Waals surface area contributed by atoms with E-state index < -0.39 is 0 Å². The zero-order chi connectivity index (χ0) is 14.5. The number of hydrogen-bond donors (Lipinski definition) is 1. The topological polar surface area (TPSA) is 61.3 Å². The summed E-state index contributed by atoms with van der Waals surface area (Å²) in [4.78, 5) is 0. The molecular weight excluding hydrogens is 320 g/mol. The fourth-order valence-corrected chi connectivity index (χ4v) is 2.41. The van der Waals surface area contributed by atoms with Gasteiger partial charge in [-0.05, 0) is 53.4 Å². The number of nitrogens with two attached hydrogens (primary N) is 1. The van der Waals surface area contributed by atoms with E-state index in [4.69, 9.17) is 15.0 Å². The van der Waals surface area contributed by atoms with Crippen LogP contribution in [-0.2, 0) is 13.0 Å². The molecule has 1 aromatic carbocycles. The van der Waals surface area contributed by atoms with Gasteiger partial charge in [0.2, 0.25) is 0 Å². The molecule has 0 bridgehead atoms. The molecule has 2 aromatic rings. The van der Waals surface area contributed by atoms with Crippen LogP contribution in [0.25, 0.3) is 0 Å². The van der Waals surface area contributed by atoms with Crippen LogP contribution < -0.4 is 10.5 Å². The van der Waals surface area contributed by atoms with Crippen LogP contribution in [-0.4, -0.2) is 11.2 Å². The number of ether oxygens (including phenoxy) is 1. The number of halogens is 1. The van der Waals surface area contributed by atoms with E-state index in [1.807, 2.05) is 25.1 Å². The Kier molecular flexibility index (Phi) is 5.20. The summed E-state index contributed by atoms with van der Waals surface area (Å²) in [6.07, 6.45) is 1.84. The van der Waals surface area contributed by atoms with Crippen LogP contribution in [0.2, 0.25) is 0 Å². The van der Waals surface area contributed by atoms with E-state index in [0.29, 0.717) is 12.4 Å². The SMILES string of the molecule is CCC(N)Cc1ccc(OCc2cc(C)no2)c(Br)c1. The fourth-order valence-electron chi connectivity index (χ4n) is 1.87. The van der Waals surface area contributed by atoms with Crippen LogP contribution in [0.4, 0.5) is 0 Å². The Morgan fingerprint density at radius 3 is 2.80 bits per heavy atom. The van der Waals surface area contributed by atoms with Gasteiger partial charge in [0, 0.05) is 12.1 Å². The monoisotopic (exact) mass is 338 g/mol. The van der Waals surface area contributed by atoms with Crippen LogP contribution in [0.5, 0.6) is 5.75 Å². The Balaban J connectivity index is 1.98. The Bertz CT molecular complexity index is 569. The molecule has 20 heavy (non-hydrogen) atoms. The standard InChI is InChI=1S/C15H19BrN2O2/c1-3-12(17)7-11-4-5-15(14(16)8-11)19-9-13-6-10(2)18-20-13/h4-6,8,12H,3,7,9,17H2,1-2H3. The minimum atomic E-state index is 0.200. The molecule has 0 aliphatic heterocycles. The third-order valence-electron chi connectivity index (χ3n) is 3.07. The lowest BCUT2D eigenvalue weighted by Crippen LogP contribution is -2.21. The maximum Gasteiger partial charge on any atom is 0.174 e. The molecule has 0 aliphatic rings. The first kappa shape index (κ1) is 15.1. The van der Waals surface area contributed by atoms with Gasteiger partial charge in [-0.1, -0.05) is 18.1 Å². The third-order valence-corrected chi connectivity index (χ3v) is 3.68. The van der Waals surface area contributed by atoms with Crippen molar-refractivity contribution in [3.63, 3.8) is 0 Å². The number of aromatic nitrogens is 1. The number of hydrogen-bond acceptors (Lipinski definition) is 4. The minimum Gasteiger partial charge on any atom is -0.484 e. The Morgan fingerprint density at radius 1 is 1.40 bits per heavy atom. The van der Waals surface area contributed by atoms with Crippen molar-refractivity contribution in [3.05, 3.63) is 45.8 Å². The summed E-state index contributed by atoms with van der Waals surface area (Å²) in [6, 6.07) is 8.11. The van der Waals surface area contributed by atoms with Crippen molar-refractivity contribution in [2.75, 3.05) is 0 Å². The lowest BCUT2D eigenvalue weighted by atomic mass is 10.0. The predicted molar refractivity (Wildman–Crippen MR) is 81.7 cm³/mol. The van der Waals surface area contributed by atoms with Crippen molar-refractivity contribution in [3.8, 4) is 5.75 Å². The zero-order valence-electron chi connectivity index (χ0n) is 11.7. The summed E-state index contributed by atoms with van der Waals surface area (Å²) in [7, 11) is 0. The molecule has 0 amide bonds. The second-order valence-corrected chi connectivity index (χ2v) is 5.71. The second-order valence-electron chi connectivity index (χ2n) is 4.86. The smallest absolute Gasteiger partial charge is 0.174 e. The van der Waals surface area contributed by atoms with E-state index in [9.17, 15) is 0 Å². The normalized spacial score (nSPS) is 12.4. The highest BCUT2D eigenvalue weighted by Gasteiger charge is 2.07. The van der Waals surface area contributed by atoms with Crippen molar-refractivity contribution >= 4 is 15.9 Å². The summed E-state index contributed by atoms with van der Waals surface area (Å²) in [5.41, 5.74) is 8.02. The Morgan fingerprint density at radius 2 is 2.20 bits per heavy atom. The molecule has 1 heterocycles. The van der Waals surface area contributed by atoms with Gasteiger partial charge in [0.15, 0.2) is 5.76 Å². The van der Waals surface area contributed by atoms with Crippen LogP contribution in [0, 0.1) is 6.92 Å². The van der Waals surface area contributed by atoms with Gasteiger partial charge in [-0.2, -0.15) is 0 Å². The van der Waals surface area contributed by atoms with Crippen LogP contribution in [0.3, 0.4) is 0 Å². The van der Waals surface area contributed by atoms with Crippen molar-refractivity contribution in [1.82, 2.24) is 5.16 Å². The maximum absolute atomic E-state index is 5.96. The molecule has 0 radical (unpaired) electrons. The first-order valence-electron chi connectivity index (χ1n) is 6.67. The van der Waals surface area contributed by atoms with Crippen molar-refractivity contribution < 1.29 is 9.26 Å². The Hall–Kier alpha value is -1.33. The molecule has 0 aliphatic carbocycles. The first-order valence-corrected chi connectivity index (χ1v) is 7.46. The molecule has 4 nitrogen and oxygen atoms in total. The molecule has 0 saturated carbocycles. The van der Waals surface area contributed by atoms with Crippen LogP contribution >= 0.6 is 15.9 Å². The number of aryl methyl sites for hydroxylation is 1. The highest BCUT2D eigenvalue weighted by molar-refractivity contribution is 9.10. The predicted octanol–water partition coefficient (Wildman–Crippen LogP) is 3.60. The molecule has 2 rings (SSSR count). The number of benzene rings is 1. The molecule has 2 N–H and O–H groups in total. The first-order chi connectivity index (χ1) is 9.58. The van der Waals surface area contributed by atoms with Gasteiger partial charge >= 0.3 is 0 Å². The zero-order valence-corrected chi connectivity index (χ0v) is 13.3. The average molecular weight is 339 g/mol. The molecule has 5 heteroatoms. The molecule has 0 spiro atoms. The quantitative estimate of drug-likeness (QED) is 0.873. The maximum atomic E-state index is 5.96.